The minimum Gasteiger partial charge on any atom is -0.330 e. The molecule has 2 heteroatoms. The summed E-state index contributed by atoms with van der Waals surface area (Å²) in [5.41, 5.74) is 5.88. The second-order valence-electron chi connectivity index (χ2n) is 6.46. The van der Waals surface area contributed by atoms with Crippen molar-refractivity contribution in [3.05, 3.63) is 0 Å². The number of hydrogen-bond donors (Lipinski definition) is 1. The third-order valence-electron chi connectivity index (χ3n) is 4.00. The maximum atomic E-state index is 5.88. The van der Waals surface area contributed by atoms with Gasteiger partial charge in [0.1, 0.15) is 0 Å². The first-order valence-electron chi connectivity index (χ1n) is 7.50. The maximum Gasteiger partial charge on any atom is 0.00189 e. The molecule has 1 aliphatic rings. The van der Waals surface area contributed by atoms with Crippen molar-refractivity contribution in [3.63, 3.8) is 0 Å². The summed E-state index contributed by atoms with van der Waals surface area (Å²) in [6, 6.07) is 0. The highest BCUT2D eigenvalue weighted by atomic mass is 15.1. The van der Waals surface area contributed by atoms with Crippen molar-refractivity contribution in [2.24, 2.45) is 23.5 Å². The van der Waals surface area contributed by atoms with E-state index in [0.717, 1.165) is 18.4 Å². The summed E-state index contributed by atoms with van der Waals surface area (Å²) in [5, 5.41) is 0. The zero-order chi connectivity index (χ0) is 12.7. The fourth-order valence-electron chi connectivity index (χ4n) is 3.24. The van der Waals surface area contributed by atoms with Crippen molar-refractivity contribution in [2.45, 2.75) is 52.4 Å². The molecule has 1 saturated carbocycles. The van der Waals surface area contributed by atoms with Crippen molar-refractivity contribution in [1.82, 2.24) is 4.90 Å². The molecule has 2 N–H and O–H groups in total. The normalized spacial score (nSPS) is 20.1. The highest BCUT2D eigenvalue weighted by Gasteiger charge is 2.17. The summed E-state index contributed by atoms with van der Waals surface area (Å²) in [6.45, 7) is 7.90. The lowest BCUT2D eigenvalue weighted by atomic mass is 9.88. The average molecular weight is 240 g/mol. The van der Waals surface area contributed by atoms with E-state index in [4.69, 9.17) is 5.73 Å². The van der Waals surface area contributed by atoms with Crippen LogP contribution in [0.5, 0.6) is 0 Å². The van der Waals surface area contributed by atoms with E-state index in [1.807, 2.05) is 0 Å². The molecule has 0 radical (unpaired) electrons. The summed E-state index contributed by atoms with van der Waals surface area (Å²) >= 11 is 0. The molecule has 0 aromatic rings. The third-order valence-corrected chi connectivity index (χ3v) is 4.00. The smallest absolute Gasteiger partial charge is 0.00189 e. The first-order valence-corrected chi connectivity index (χ1v) is 7.50. The molecular formula is C15H32N2. The first kappa shape index (κ1) is 15.0. The fourth-order valence-corrected chi connectivity index (χ4v) is 3.24. The summed E-state index contributed by atoms with van der Waals surface area (Å²) in [6.07, 6.45) is 8.52. The molecule has 0 saturated heterocycles. The van der Waals surface area contributed by atoms with E-state index in [9.17, 15) is 0 Å². The van der Waals surface area contributed by atoms with Crippen LogP contribution in [0, 0.1) is 17.8 Å². The van der Waals surface area contributed by atoms with E-state index in [-0.39, 0.29) is 0 Å². The van der Waals surface area contributed by atoms with Crippen LogP contribution in [0.4, 0.5) is 0 Å². The fraction of sp³-hybridized carbons (Fsp3) is 1.00. The van der Waals surface area contributed by atoms with E-state index < -0.39 is 0 Å². The van der Waals surface area contributed by atoms with Gasteiger partial charge in [-0.3, -0.25) is 0 Å². The average Bonchev–Trinajstić information content (AvgIpc) is 2.28. The van der Waals surface area contributed by atoms with Crippen LogP contribution in [-0.4, -0.2) is 31.6 Å². The molecule has 1 aliphatic carbocycles. The quantitative estimate of drug-likeness (QED) is 0.741. The molecule has 1 unspecified atom stereocenters. The Balaban J connectivity index is 2.23. The largest absolute Gasteiger partial charge is 0.330 e. The topological polar surface area (TPSA) is 29.3 Å². The Bertz CT molecular complexity index is 185. The standard InChI is InChI=1S/C15H32N2/c1-13(2)9-15(10-16)12-17(3)11-14-7-5-4-6-8-14/h13-15H,4-12,16H2,1-3H3. The van der Waals surface area contributed by atoms with E-state index in [1.54, 1.807) is 0 Å². The highest BCUT2D eigenvalue weighted by molar-refractivity contribution is 4.72. The van der Waals surface area contributed by atoms with Crippen LogP contribution >= 0.6 is 0 Å². The molecule has 0 aromatic heterocycles. The zero-order valence-electron chi connectivity index (χ0n) is 12.1. The molecule has 2 nitrogen and oxygen atoms in total. The summed E-state index contributed by atoms with van der Waals surface area (Å²) in [7, 11) is 2.28. The van der Waals surface area contributed by atoms with Gasteiger partial charge in [-0.2, -0.15) is 0 Å². The predicted molar refractivity (Wildman–Crippen MR) is 76.1 cm³/mol. The Labute approximate surface area is 108 Å². The van der Waals surface area contributed by atoms with Crippen LogP contribution in [0.1, 0.15) is 52.4 Å². The van der Waals surface area contributed by atoms with E-state index >= 15 is 0 Å². The van der Waals surface area contributed by atoms with E-state index in [2.05, 4.69) is 25.8 Å². The van der Waals surface area contributed by atoms with Gasteiger partial charge in [0.25, 0.3) is 0 Å². The van der Waals surface area contributed by atoms with Crippen molar-refractivity contribution in [3.8, 4) is 0 Å². The van der Waals surface area contributed by atoms with Gasteiger partial charge >= 0.3 is 0 Å². The molecule has 102 valence electrons. The van der Waals surface area contributed by atoms with E-state index in [1.165, 1.54) is 51.6 Å². The number of nitrogens with two attached hydrogens (primary N) is 1. The van der Waals surface area contributed by atoms with Crippen molar-refractivity contribution in [1.29, 1.82) is 0 Å². The monoisotopic (exact) mass is 240 g/mol. The van der Waals surface area contributed by atoms with Gasteiger partial charge in [0, 0.05) is 13.1 Å². The molecular weight excluding hydrogens is 208 g/mol. The zero-order valence-corrected chi connectivity index (χ0v) is 12.1. The highest BCUT2D eigenvalue weighted by Crippen LogP contribution is 2.24. The maximum absolute atomic E-state index is 5.88. The Hall–Kier alpha value is -0.0800. The van der Waals surface area contributed by atoms with Crippen LogP contribution in [0.15, 0.2) is 0 Å². The van der Waals surface area contributed by atoms with Gasteiger partial charge in [-0.15, -0.1) is 0 Å². The van der Waals surface area contributed by atoms with Gasteiger partial charge in [0.15, 0.2) is 0 Å². The minimum atomic E-state index is 0.684. The summed E-state index contributed by atoms with van der Waals surface area (Å²) < 4.78 is 0. The Morgan fingerprint density at radius 3 is 2.35 bits per heavy atom. The lowest BCUT2D eigenvalue weighted by Gasteiger charge is -2.29. The molecule has 1 atom stereocenters. The lowest BCUT2D eigenvalue weighted by molar-refractivity contribution is 0.199. The minimum absolute atomic E-state index is 0.684. The first-order chi connectivity index (χ1) is 8.11. The SMILES string of the molecule is CC(C)CC(CN)CN(C)CC1CCCCC1. The lowest BCUT2D eigenvalue weighted by Crippen LogP contribution is -2.34. The molecule has 17 heavy (non-hydrogen) atoms. The number of nitrogens with zero attached hydrogens (tertiary/aromatic N) is 1. The molecule has 0 spiro atoms. The molecule has 0 aromatic carbocycles. The van der Waals surface area contributed by atoms with Crippen LogP contribution in [0.25, 0.3) is 0 Å². The van der Waals surface area contributed by atoms with Gasteiger partial charge in [-0.25, -0.2) is 0 Å². The second kappa shape index (κ2) is 8.10. The van der Waals surface area contributed by atoms with Crippen LogP contribution in [0.2, 0.25) is 0 Å². The Kier molecular flexibility index (Phi) is 7.14. The summed E-state index contributed by atoms with van der Waals surface area (Å²) in [5.74, 6) is 2.40. The van der Waals surface area contributed by atoms with Gasteiger partial charge in [-0.1, -0.05) is 33.1 Å². The molecule has 0 bridgehead atoms. The number of rotatable bonds is 7. The molecule has 1 fully saturated rings. The molecule has 0 heterocycles. The van der Waals surface area contributed by atoms with Gasteiger partial charge in [-0.05, 0) is 50.6 Å². The van der Waals surface area contributed by atoms with Gasteiger partial charge in [0.2, 0.25) is 0 Å². The Morgan fingerprint density at radius 2 is 1.82 bits per heavy atom. The predicted octanol–water partition coefficient (Wildman–Crippen LogP) is 3.12. The van der Waals surface area contributed by atoms with Gasteiger partial charge < -0.3 is 10.6 Å². The van der Waals surface area contributed by atoms with E-state index in [0.29, 0.717) is 5.92 Å². The van der Waals surface area contributed by atoms with Crippen molar-refractivity contribution < 1.29 is 0 Å². The van der Waals surface area contributed by atoms with Crippen molar-refractivity contribution in [2.75, 3.05) is 26.7 Å². The Morgan fingerprint density at radius 1 is 1.18 bits per heavy atom. The van der Waals surface area contributed by atoms with Crippen LogP contribution in [-0.2, 0) is 0 Å². The molecule has 1 rings (SSSR count). The second-order valence-corrected chi connectivity index (χ2v) is 6.46. The van der Waals surface area contributed by atoms with Crippen LogP contribution in [0.3, 0.4) is 0 Å². The molecule has 0 amide bonds. The molecule has 0 aliphatic heterocycles. The summed E-state index contributed by atoms with van der Waals surface area (Å²) in [4.78, 5) is 2.52. The number of hydrogen-bond acceptors (Lipinski definition) is 2. The van der Waals surface area contributed by atoms with Gasteiger partial charge in [0.05, 0.1) is 0 Å². The third kappa shape index (κ3) is 6.42. The van der Waals surface area contributed by atoms with Crippen LogP contribution < -0.4 is 5.73 Å². The van der Waals surface area contributed by atoms with Crippen molar-refractivity contribution >= 4 is 0 Å².